The fraction of sp³-hybridized carbons (Fsp3) is 0.895. The Morgan fingerprint density at radius 1 is 0.783 bits per heavy atom. The number of unbranched alkanes of at least 4 members (excludes halogenated alkanes) is 12. The highest BCUT2D eigenvalue weighted by Crippen LogP contribution is 2.13. The minimum atomic E-state index is -1.01. The maximum Gasteiger partial charge on any atom is 0.230 e. The van der Waals surface area contributed by atoms with Gasteiger partial charge in [0.1, 0.15) is 11.7 Å². The number of hydrogen-bond donors (Lipinski definition) is 2. The van der Waals surface area contributed by atoms with Crippen LogP contribution in [0.2, 0.25) is 0 Å². The minimum Gasteiger partial charge on any atom is -0.395 e. The lowest BCUT2D eigenvalue weighted by Gasteiger charge is -2.08. The van der Waals surface area contributed by atoms with Crippen molar-refractivity contribution in [1.29, 1.82) is 0 Å². The summed E-state index contributed by atoms with van der Waals surface area (Å²) in [7, 11) is 0. The highest BCUT2D eigenvalue weighted by molar-refractivity contribution is 6.00. The highest BCUT2D eigenvalue weighted by atomic mass is 16.3. The molecule has 1 amide bonds. The summed E-state index contributed by atoms with van der Waals surface area (Å²) in [5, 5.41) is 8.95. The molecule has 136 valence electrons. The van der Waals surface area contributed by atoms with E-state index in [0.717, 1.165) is 19.3 Å². The second-order valence-corrected chi connectivity index (χ2v) is 6.60. The number of primary amides is 1. The summed E-state index contributed by atoms with van der Waals surface area (Å²) in [6.45, 7) is 1.78. The van der Waals surface area contributed by atoms with Gasteiger partial charge in [0, 0.05) is 6.42 Å². The first-order chi connectivity index (χ1) is 11.1. The topological polar surface area (TPSA) is 80.4 Å². The molecule has 0 aromatic rings. The minimum absolute atomic E-state index is 0.219. The number of aliphatic hydroxyl groups is 1. The molecule has 0 aliphatic rings. The van der Waals surface area contributed by atoms with Gasteiger partial charge in [-0.05, 0) is 6.42 Å². The van der Waals surface area contributed by atoms with Crippen molar-refractivity contribution in [1.82, 2.24) is 0 Å². The average molecular weight is 328 g/mol. The largest absolute Gasteiger partial charge is 0.395 e. The maximum atomic E-state index is 11.7. The van der Waals surface area contributed by atoms with Crippen LogP contribution < -0.4 is 5.73 Å². The summed E-state index contributed by atoms with van der Waals surface area (Å²) in [4.78, 5) is 22.6. The Balaban J connectivity index is 3.30. The molecule has 0 fully saturated rings. The number of carbonyl (C=O) groups is 2. The molecule has 0 saturated heterocycles. The van der Waals surface area contributed by atoms with Crippen molar-refractivity contribution in [2.24, 2.45) is 11.7 Å². The van der Waals surface area contributed by atoms with Crippen LogP contribution in [0.15, 0.2) is 0 Å². The number of nitrogens with two attached hydrogens (primary N) is 1. The van der Waals surface area contributed by atoms with Gasteiger partial charge in [0.25, 0.3) is 0 Å². The molecule has 0 aromatic carbocycles. The lowest BCUT2D eigenvalue weighted by atomic mass is 9.98. The standard InChI is InChI=1S/C19H37NO3/c1-2-3-4-5-6-7-8-9-10-11-12-13-14-15-18(22)17(16-21)19(20)23/h17,21H,2-16H2,1H3,(H2,20,23). The zero-order valence-corrected chi connectivity index (χ0v) is 15.0. The first-order valence-electron chi connectivity index (χ1n) is 9.56. The molecule has 1 atom stereocenters. The van der Waals surface area contributed by atoms with E-state index in [9.17, 15) is 9.59 Å². The smallest absolute Gasteiger partial charge is 0.230 e. The molecule has 1 unspecified atom stereocenters. The molecule has 0 bridgehead atoms. The molecule has 3 N–H and O–H groups in total. The van der Waals surface area contributed by atoms with E-state index in [0.29, 0.717) is 6.42 Å². The van der Waals surface area contributed by atoms with E-state index in [1.165, 1.54) is 64.2 Å². The normalized spacial score (nSPS) is 12.3. The van der Waals surface area contributed by atoms with Crippen LogP contribution in [0, 0.1) is 5.92 Å². The van der Waals surface area contributed by atoms with Crippen LogP contribution in [0.5, 0.6) is 0 Å². The van der Waals surface area contributed by atoms with Crippen LogP contribution in [0.25, 0.3) is 0 Å². The van der Waals surface area contributed by atoms with Crippen LogP contribution in [0.4, 0.5) is 0 Å². The van der Waals surface area contributed by atoms with Crippen molar-refractivity contribution in [3.8, 4) is 0 Å². The zero-order chi connectivity index (χ0) is 17.3. The Labute approximate surface area is 142 Å². The number of amides is 1. The Hall–Kier alpha value is -0.900. The molecule has 0 aliphatic carbocycles. The van der Waals surface area contributed by atoms with Crippen LogP contribution in [0.1, 0.15) is 96.8 Å². The third kappa shape index (κ3) is 13.3. The number of aliphatic hydroxyl groups excluding tert-OH is 1. The fourth-order valence-electron chi connectivity index (χ4n) is 2.84. The summed E-state index contributed by atoms with van der Waals surface area (Å²) in [6, 6.07) is 0. The van der Waals surface area contributed by atoms with Gasteiger partial charge in [-0.15, -0.1) is 0 Å². The van der Waals surface area contributed by atoms with Gasteiger partial charge in [0.15, 0.2) is 0 Å². The molecule has 0 heterocycles. The molecule has 0 spiro atoms. The number of Topliss-reactive ketones (excluding diaryl/α,β-unsaturated/α-hetero) is 1. The molecular formula is C19H37NO3. The molecule has 23 heavy (non-hydrogen) atoms. The van der Waals surface area contributed by atoms with Crippen LogP contribution >= 0.6 is 0 Å². The summed E-state index contributed by atoms with van der Waals surface area (Å²) < 4.78 is 0. The van der Waals surface area contributed by atoms with E-state index in [4.69, 9.17) is 10.8 Å². The second-order valence-electron chi connectivity index (χ2n) is 6.60. The van der Waals surface area contributed by atoms with Gasteiger partial charge in [-0.3, -0.25) is 9.59 Å². The summed E-state index contributed by atoms with van der Waals surface area (Å²) in [6.07, 6.45) is 16.7. The van der Waals surface area contributed by atoms with E-state index in [-0.39, 0.29) is 5.78 Å². The van der Waals surface area contributed by atoms with E-state index in [2.05, 4.69) is 6.92 Å². The van der Waals surface area contributed by atoms with Crippen molar-refractivity contribution in [3.05, 3.63) is 0 Å². The molecule has 0 saturated carbocycles. The number of carbonyl (C=O) groups excluding carboxylic acids is 2. The van der Waals surface area contributed by atoms with Gasteiger partial charge in [0.05, 0.1) is 6.61 Å². The van der Waals surface area contributed by atoms with E-state index >= 15 is 0 Å². The third-order valence-corrected chi connectivity index (χ3v) is 4.44. The van der Waals surface area contributed by atoms with E-state index < -0.39 is 18.4 Å². The van der Waals surface area contributed by atoms with Crippen LogP contribution in [-0.4, -0.2) is 23.4 Å². The quantitative estimate of drug-likeness (QED) is 0.311. The first-order valence-corrected chi connectivity index (χ1v) is 9.56. The molecular weight excluding hydrogens is 290 g/mol. The van der Waals surface area contributed by atoms with Crippen molar-refractivity contribution in [2.75, 3.05) is 6.61 Å². The van der Waals surface area contributed by atoms with Crippen LogP contribution in [-0.2, 0) is 9.59 Å². The van der Waals surface area contributed by atoms with Gasteiger partial charge in [0.2, 0.25) is 5.91 Å². The Kier molecular flexibility index (Phi) is 15.4. The zero-order valence-electron chi connectivity index (χ0n) is 15.0. The highest BCUT2D eigenvalue weighted by Gasteiger charge is 2.22. The molecule has 0 aromatic heterocycles. The average Bonchev–Trinajstić information content (AvgIpc) is 2.52. The monoisotopic (exact) mass is 327 g/mol. The Bertz CT molecular complexity index is 305. The van der Waals surface area contributed by atoms with E-state index in [1.54, 1.807) is 0 Å². The Morgan fingerprint density at radius 2 is 1.17 bits per heavy atom. The third-order valence-electron chi connectivity index (χ3n) is 4.44. The summed E-state index contributed by atoms with van der Waals surface area (Å²) in [5.74, 6) is -1.94. The second kappa shape index (κ2) is 16.0. The van der Waals surface area contributed by atoms with Crippen molar-refractivity contribution in [3.63, 3.8) is 0 Å². The lowest BCUT2D eigenvalue weighted by Crippen LogP contribution is -2.33. The molecule has 4 nitrogen and oxygen atoms in total. The van der Waals surface area contributed by atoms with Gasteiger partial charge in [-0.1, -0.05) is 84.0 Å². The number of ketones is 1. The molecule has 0 radical (unpaired) electrons. The van der Waals surface area contributed by atoms with Gasteiger partial charge >= 0.3 is 0 Å². The SMILES string of the molecule is CCCCCCCCCCCCCCCC(=O)C(CO)C(N)=O. The fourth-order valence-corrected chi connectivity index (χ4v) is 2.84. The molecule has 0 rings (SSSR count). The summed E-state index contributed by atoms with van der Waals surface area (Å²) in [5.41, 5.74) is 5.07. The Morgan fingerprint density at radius 3 is 1.52 bits per heavy atom. The molecule has 0 aliphatic heterocycles. The number of hydrogen-bond acceptors (Lipinski definition) is 3. The van der Waals surface area contributed by atoms with Gasteiger partial charge in [-0.25, -0.2) is 0 Å². The predicted molar refractivity (Wildman–Crippen MR) is 95.1 cm³/mol. The lowest BCUT2D eigenvalue weighted by molar-refractivity contribution is -0.133. The van der Waals surface area contributed by atoms with Gasteiger partial charge < -0.3 is 10.8 Å². The number of rotatable bonds is 17. The summed E-state index contributed by atoms with van der Waals surface area (Å²) >= 11 is 0. The first kappa shape index (κ1) is 22.1. The van der Waals surface area contributed by atoms with Gasteiger partial charge in [-0.2, -0.15) is 0 Å². The van der Waals surface area contributed by atoms with E-state index in [1.807, 2.05) is 0 Å². The predicted octanol–water partition coefficient (Wildman–Crippen LogP) is 4.13. The van der Waals surface area contributed by atoms with Crippen molar-refractivity contribution in [2.45, 2.75) is 96.8 Å². The van der Waals surface area contributed by atoms with Crippen LogP contribution in [0.3, 0.4) is 0 Å². The maximum absolute atomic E-state index is 11.7. The van der Waals surface area contributed by atoms with Crippen molar-refractivity contribution >= 4 is 11.7 Å². The molecule has 4 heteroatoms. The van der Waals surface area contributed by atoms with Crippen molar-refractivity contribution < 1.29 is 14.7 Å².